The highest BCUT2D eigenvalue weighted by Gasteiger charge is 2.16. The molecule has 80 valence electrons. The van der Waals surface area contributed by atoms with E-state index >= 15 is 0 Å². The quantitative estimate of drug-likeness (QED) is 0.616. The third-order valence-corrected chi connectivity index (χ3v) is 3.67. The molecule has 0 saturated heterocycles. The molecule has 2 rings (SSSR count). The maximum absolute atomic E-state index is 5.62. The molecule has 0 saturated carbocycles. The molecule has 0 aliphatic heterocycles. The van der Waals surface area contributed by atoms with Crippen molar-refractivity contribution in [2.75, 3.05) is 0 Å². The normalized spacial score (nSPS) is 13.6. The van der Waals surface area contributed by atoms with E-state index in [2.05, 4.69) is 48.9 Å². The van der Waals surface area contributed by atoms with Crippen LogP contribution in [0.2, 0.25) is 0 Å². The molecule has 15 heavy (non-hydrogen) atoms. The molecule has 1 aromatic heterocycles. The summed E-state index contributed by atoms with van der Waals surface area (Å²) in [5, 5.41) is 3.43. The van der Waals surface area contributed by atoms with Gasteiger partial charge in [0, 0.05) is 10.7 Å². The average Bonchev–Trinajstić information content (AvgIpc) is 2.66. The summed E-state index contributed by atoms with van der Waals surface area (Å²) < 4.78 is 1.34. The Kier molecular flexibility index (Phi) is 3.05. The van der Waals surface area contributed by atoms with Crippen LogP contribution >= 0.6 is 11.3 Å². The van der Waals surface area contributed by atoms with Gasteiger partial charge < -0.3 is 0 Å². The van der Waals surface area contributed by atoms with E-state index in [4.69, 9.17) is 5.84 Å². The second kappa shape index (κ2) is 4.31. The predicted octanol–water partition coefficient (Wildman–Crippen LogP) is 3.06. The first-order chi connectivity index (χ1) is 7.24. The summed E-state index contributed by atoms with van der Waals surface area (Å²) in [5.41, 5.74) is 4.21. The number of hydrogen-bond donors (Lipinski definition) is 2. The molecular formula is C12H16N2S. The van der Waals surface area contributed by atoms with Gasteiger partial charge >= 0.3 is 0 Å². The van der Waals surface area contributed by atoms with Crippen LogP contribution in [0.3, 0.4) is 0 Å². The number of nitrogens with two attached hydrogens (primary N) is 1. The van der Waals surface area contributed by atoms with Crippen molar-refractivity contribution in [3.05, 3.63) is 35.2 Å². The molecule has 0 spiro atoms. The number of nitrogens with one attached hydrogen (secondary N) is 1. The topological polar surface area (TPSA) is 38.0 Å². The molecular weight excluding hydrogens is 204 g/mol. The summed E-state index contributed by atoms with van der Waals surface area (Å²) in [6.45, 7) is 4.36. The van der Waals surface area contributed by atoms with Crippen molar-refractivity contribution >= 4 is 21.4 Å². The third kappa shape index (κ3) is 1.91. The van der Waals surface area contributed by atoms with Gasteiger partial charge in [-0.05, 0) is 28.3 Å². The first-order valence-electron chi connectivity index (χ1n) is 5.16. The van der Waals surface area contributed by atoms with E-state index < -0.39 is 0 Å². The van der Waals surface area contributed by atoms with Gasteiger partial charge in [-0.25, -0.2) is 0 Å². The molecule has 2 aromatic rings. The van der Waals surface area contributed by atoms with Crippen molar-refractivity contribution < 1.29 is 0 Å². The van der Waals surface area contributed by atoms with Crippen LogP contribution < -0.4 is 11.3 Å². The van der Waals surface area contributed by atoms with Gasteiger partial charge in [0.1, 0.15) is 0 Å². The molecule has 0 amide bonds. The fraction of sp³-hybridized carbons (Fsp3) is 0.333. The van der Waals surface area contributed by atoms with Crippen molar-refractivity contribution in [2.24, 2.45) is 11.8 Å². The van der Waals surface area contributed by atoms with E-state index in [0.29, 0.717) is 5.92 Å². The van der Waals surface area contributed by atoms with Gasteiger partial charge in [0.15, 0.2) is 0 Å². The van der Waals surface area contributed by atoms with Crippen LogP contribution in [0.5, 0.6) is 0 Å². The third-order valence-electron chi connectivity index (χ3n) is 2.69. The molecule has 3 N–H and O–H groups in total. The SMILES string of the molecule is CC(C)C(NN)c1cccc2ccsc12. The first-order valence-corrected chi connectivity index (χ1v) is 6.04. The van der Waals surface area contributed by atoms with E-state index in [1.807, 2.05) is 0 Å². The lowest BCUT2D eigenvalue weighted by Crippen LogP contribution is -2.31. The van der Waals surface area contributed by atoms with Gasteiger partial charge in [-0.15, -0.1) is 11.3 Å². The number of benzene rings is 1. The zero-order chi connectivity index (χ0) is 10.8. The van der Waals surface area contributed by atoms with Gasteiger partial charge in [0.25, 0.3) is 0 Å². The van der Waals surface area contributed by atoms with E-state index in [1.165, 1.54) is 15.6 Å². The predicted molar refractivity (Wildman–Crippen MR) is 66.7 cm³/mol. The number of fused-ring (bicyclic) bond motifs is 1. The van der Waals surface area contributed by atoms with Gasteiger partial charge in [-0.3, -0.25) is 11.3 Å². The Bertz CT molecular complexity index is 448. The minimum atomic E-state index is 0.229. The highest BCUT2D eigenvalue weighted by atomic mass is 32.1. The molecule has 3 heteroatoms. The Balaban J connectivity index is 2.54. The zero-order valence-electron chi connectivity index (χ0n) is 9.03. The number of rotatable bonds is 3. The molecule has 0 radical (unpaired) electrons. The molecule has 1 unspecified atom stereocenters. The van der Waals surface area contributed by atoms with Crippen molar-refractivity contribution in [3.63, 3.8) is 0 Å². The van der Waals surface area contributed by atoms with Crippen LogP contribution in [-0.2, 0) is 0 Å². The fourth-order valence-electron chi connectivity index (χ4n) is 1.90. The van der Waals surface area contributed by atoms with E-state index in [1.54, 1.807) is 11.3 Å². The minimum absolute atomic E-state index is 0.229. The second-order valence-corrected chi connectivity index (χ2v) is 4.99. The van der Waals surface area contributed by atoms with Crippen molar-refractivity contribution in [1.29, 1.82) is 0 Å². The summed E-state index contributed by atoms with van der Waals surface area (Å²) in [4.78, 5) is 0. The van der Waals surface area contributed by atoms with Crippen LogP contribution in [0.25, 0.3) is 10.1 Å². The summed E-state index contributed by atoms with van der Waals surface area (Å²) in [6.07, 6.45) is 0. The molecule has 0 bridgehead atoms. The Morgan fingerprint density at radius 3 is 2.73 bits per heavy atom. The highest BCUT2D eigenvalue weighted by Crippen LogP contribution is 2.31. The largest absolute Gasteiger partial charge is 0.271 e. The monoisotopic (exact) mass is 220 g/mol. The summed E-state index contributed by atoms with van der Waals surface area (Å²) in [7, 11) is 0. The van der Waals surface area contributed by atoms with E-state index in [9.17, 15) is 0 Å². The Hall–Kier alpha value is -0.900. The molecule has 0 aliphatic rings. The minimum Gasteiger partial charge on any atom is -0.271 e. The maximum atomic E-state index is 5.62. The molecule has 1 atom stereocenters. The fourth-order valence-corrected chi connectivity index (χ4v) is 2.86. The lowest BCUT2D eigenvalue weighted by molar-refractivity contribution is 0.424. The second-order valence-electron chi connectivity index (χ2n) is 4.07. The standard InChI is InChI=1S/C12H16N2S/c1-8(2)11(14-13)10-5-3-4-9-6-7-15-12(9)10/h3-8,11,14H,13H2,1-2H3. The average molecular weight is 220 g/mol. The van der Waals surface area contributed by atoms with Crippen molar-refractivity contribution in [3.8, 4) is 0 Å². The van der Waals surface area contributed by atoms with Gasteiger partial charge in [-0.1, -0.05) is 32.0 Å². The molecule has 0 aliphatic carbocycles. The van der Waals surface area contributed by atoms with E-state index in [-0.39, 0.29) is 6.04 Å². The van der Waals surface area contributed by atoms with Gasteiger partial charge in [0.2, 0.25) is 0 Å². The number of hydrazine groups is 1. The lowest BCUT2D eigenvalue weighted by Gasteiger charge is -2.20. The lowest BCUT2D eigenvalue weighted by atomic mass is 9.96. The first kappa shape index (κ1) is 10.6. The Morgan fingerprint density at radius 2 is 2.07 bits per heavy atom. The van der Waals surface area contributed by atoms with Gasteiger partial charge in [0.05, 0.1) is 0 Å². The zero-order valence-corrected chi connectivity index (χ0v) is 9.84. The van der Waals surface area contributed by atoms with E-state index in [0.717, 1.165) is 0 Å². The highest BCUT2D eigenvalue weighted by molar-refractivity contribution is 7.17. The molecule has 1 heterocycles. The summed E-state index contributed by atoms with van der Waals surface area (Å²) >= 11 is 1.78. The number of hydrogen-bond acceptors (Lipinski definition) is 3. The smallest absolute Gasteiger partial charge is 0.0497 e. The Labute approximate surface area is 94.1 Å². The summed E-state index contributed by atoms with van der Waals surface area (Å²) in [5.74, 6) is 6.11. The van der Waals surface area contributed by atoms with Crippen molar-refractivity contribution in [1.82, 2.24) is 5.43 Å². The van der Waals surface area contributed by atoms with Crippen LogP contribution in [0.15, 0.2) is 29.6 Å². The maximum Gasteiger partial charge on any atom is 0.0497 e. The van der Waals surface area contributed by atoms with Crippen molar-refractivity contribution in [2.45, 2.75) is 19.9 Å². The van der Waals surface area contributed by atoms with Crippen LogP contribution in [-0.4, -0.2) is 0 Å². The molecule has 2 nitrogen and oxygen atoms in total. The molecule has 0 fully saturated rings. The summed E-state index contributed by atoms with van der Waals surface area (Å²) in [6, 6.07) is 8.77. The number of thiophene rings is 1. The van der Waals surface area contributed by atoms with Gasteiger partial charge in [-0.2, -0.15) is 0 Å². The molecule has 1 aromatic carbocycles. The van der Waals surface area contributed by atoms with Crippen LogP contribution in [0.4, 0.5) is 0 Å². The van der Waals surface area contributed by atoms with Crippen LogP contribution in [0.1, 0.15) is 25.5 Å². The Morgan fingerprint density at radius 1 is 1.27 bits per heavy atom. The van der Waals surface area contributed by atoms with Crippen LogP contribution in [0, 0.1) is 5.92 Å².